The predicted molar refractivity (Wildman–Crippen MR) is 108 cm³/mol. The van der Waals surface area contributed by atoms with Crippen molar-refractivity contribution >= 4 is 23.3 Å². The Balaban J connectivity index is 1.69. The first kappa shape index (κ1) is 19.8. The van der Waals surface area contributed by atoms with Gasteiger partial charge in [0.2, 0.25) is 5.91 Å². The van der Waals surface area contributed by atoms with E-state index in [0.29, 0.717) is 31.7 Å². The van der Waals surface area contributed by atoms with Gasteiger partial charge in [-0.15, -0.1) is 0 Å². The van der Waals surface area contributed by atoms with E-state index in [1.165, 1.54) is 12.1 Å². The van der Waals surface area contributed by atoms with E-state index in [1.807, 2.05) is 37.1 Å². The lowest BCUT2D eigenvalue weighted by Crippen LogP contribution is -2.41. The zero-order chi connectivity index (χ0) is 20.1. The fraction of sp³-hybridized carbons (Fsp3) is 0.333. The summed E-state index contributed by atoms with van der Waals surface area (Å²) in [6.45, 7) is 3.68. The third kappa shape index (κ3) is 4.48. The Morgan fingerprint density at radius 3 is 2.57 bits per heavy atom. The molecule has 0 bridgehead atoms. The lowest BCUT2D eigenvalue weighted by atomic mass is 9.96. The van der Waals surface area contributed by atoms with Crippen LogP contribution in [0.5, 0.6) is 0 Å². The largest absolute Gasteiger partial charge is 0.338 e. The van der Waals surface area contributed by atoms with Crippen molar-refractivity contribution in [1.29, 1.82) is 0 Å². The van der Waals surface area contributed by atoms with Crippen molar-refractivity contribution in [2.45, 2.75) is 19.9 Å². The SMILES string of the molecule is CNCC(C)C(=O)N1CCc2c(cccc2NC(=O)Nc2ccccc2F)C1. The fourth-order valence-corrected chi connectivity index (χ4v) is 3.46. The smallest absolute Gasteiger partial charge is 0.323 e. The third-order valence-electron chi connectivity index (χ3n) is 4.88. The van der Waals surface area contributed by atoms with Gasteiger partial charge in [-0.1, -0.05) is 31.2 Å². The number of carbonyl (C=O) groups excluding carboxylic acids is 2. The number of para-hydroxylation sites is 1. The summed E-state index contributed by atoms with van der Waals surface area (Å²) in [7, 11) is 1.83. The van der Waals surface area contributed by atoms with Crippen LogP contribution in [0.15, 0.2) is 42.5 Å². The Labute approximate surface area is 164 Å². The summed E-state index contributed by atoms with van der Waals surface area (Å²) in [5, 5.41) is 8.36. The number of urea groups is 1. The first-order chi connectivity index (χ1) is 13.5. The Kier molecular flexibility index (Phi) is 6.26. The highest BCUT2D eigenvalue weighted by molar-refractivity contribution is 6.00. The van der Waals surface area contributed by atoms with Crippen molar-refractivity contribution in [2.75, 3.05) is 30.8 Å². The summed E-state index contributed by atoms with van der Waals surface area (Å²) in [6, 6.07) is 11.2. The lowest BCUT2D eigenvalue weighted by molar-refractivity contribution is -0.135. The van der Waals surface area contributed by atoms with Crippen LogP contribution >= 0.6 is 0 Å². The molecule has 1 atom stereocenters. The number of halogens is 1. The highest BCUT2D eigenvalue weighted by atomic mass is 19.1. The molecule has 3 amide bonds. The van der Waals surface area contributed by atoms with Gasteiger partial charge in [-0.3, -0.25) is 4.79 Å². The van der Waals surface area contributed by atoms with Crippen molar-refractivity contribution in [3.8, 4) is 0 Å². The van der Waals surface area contributed by atoms with Gasteiger partial charge in [0.25, 0.3) is 0 Å². The number of rotatable bonds is 5. The number of carbonyl (C=O) groups is 2. The van der Waals surface area contributed by atoms with Crippen LogP contribution in [0.2, 0.25) is 0 Å². The summed E-state index contributed by atoms with van der Waals surface area (Å²) in [6.07, 6.45) is 0.656. The molecule has 1 heterocycles. The van der Waals surface area contributed by atoms with Gasteiger partial charge in [0.05, 0.1) is 5.69 Å². The fourth-order valence-electron chi connectivity index (χ4n) is 3.46. The molecule has 7 heteroatoms. The Morgan fingerprint density at radius 1 is 1.11 bits per heavy atom. The molecule has 148 valence electrons. The minimum absolute atomic E-state index is 0.0839. The van der Waals surface area contributed by atoms with E-state index in [4.69, 9.17) is 0 Å². The molecule has 0 saturated carbocycles. The van der Waals surface area contributed by atoms with E-state index < -0.39 is 11.8 Å². The number of amides is 3. The average Bonchev–Trinajstić information content (AvgIpc) is 2.69. The van der Waals surface area contributed by atoms with Gasteiger partial charge < -0.3 is 20.9 Å². The van der Waals surface area contributed by atoms with Crippen molar-refractivity contribution < 1.29 is 14.0 Å². The molecular formula is C21H25FN4O2. The molecule has 1 aliphatic heterocycles. The molecule has 2 aromatic rings. The van der Waals surface area contributed by atoms with E-state index in [1.54, 1.807) is 12.1 Å². The molecule has 0 radical (unpaired) electrons. The third-order valence-corrected chi connectivity index (χ3v) is 4.88. The molecule has 6 nitrogen and oxygen atoms in total. The second-order valence-corrected chi connectivity index (χ2v) is 6.97. The molecule has 0 saturated heterocycles. The van der Waals surface area contributed by atoms with E-state index >= 15 is 0 Å². The maximum absolute atomic E-state index is 13.7. The van der Waals surface area contributed by atoms with Gasteiger partial charge in [-0.05, 0) is 42.8 Å². The second-order valence-electron chi connectivity index (χ2n) is 6.97. The topological polar surface area (TPSA) is 73.5 Å². The highest BCUT2D eigenvalue weighted by Crippen LogP contribution is 2.27. The van der Waals surface area contributed by atoms with Crippen molar-refractivity contribution in [3.63, 3.8) is 0 Å². The molecular weight excluding hydrogens is 359 g/mol. The summed E-state index contributed by atoms with van der Waals surface area (Å²) in [5.74, 6) is -0.451. The first-order valence-electron chi connectivity index (χ1n) is 9.36. The van der Waals surface area contributed by atoms with Gasteiger partial charge in [-0.25, -0.2) is 9.18 Å². The van der Waals surface area contributed by atoms with Crippen LogP contribution in [0.3, 0.4) is 0 Å². The molecule has 0 fully saturated rings. The van der Waals surface area contributed by atoms with Gasteiger partial charge in [-0.2, -0.15) is 0 Å². The zero-order valence-corrected chi connectivity index (χ0v) is 16.1. The number of nitrogens with zero attached hydrogens (tertiary/aromatic N) is 1. The van der Waals surface area contributed by atoms with Crippen LogP contribution in [0.4, 0.5) is 20.6 Å². The van der Waals surface area contributed by atoms with Gasteiger partial charge in [0, 0.05) is 31.2 Å². The predicted octanol–water partition coefficient (Wildman–Crippen LogP) is 3.21. The highest BCUT2D eigenvalue weighted by Gasteiger charge is 2.25. The molecule has 28 heavy (non-hydrogen) atoms. The van der Waals surface area contributed by atoms with Crippen LogP contribution in [-0.4, -0.2) is 37.0 Å². The number of fused-ring (bicyclic) bond motifs is 1. The first-order valence-corrected chi connectivity index (χ1v) is 9.36. The standard InChI is InChI=1S/C21H25FN4O2/c1-14(12-23-2)20(27)26-11-10-16-15(13-26)6-5-9-18(16)24-21(28)25-19-8-4-3-7-17(19)22/h3-9,14,23H,10-13H2,1-2H3,(H2,24,25,28). The maximum Gasteiger partial charge on any atom is 0.323 e. The zero-order valence-electron chi connectivity index (χ0n) is 16.1. The van der Waals surface area contributed by atoms with E-state index in [0.717, 1.165) is 11.1 Å². The summed E-state index contributed by atoms with van der Waals surface area (Å²) < 4.78 is 13.7. The summed E-state index contributed by atoms with van der Waals surface area (Å²) >= 11 is 0. The lowest BCUT2D eigenvalue weighted by Gasteiger charge is -2.32. The van der Waals surface area contributed by atoms with Crippen LogP contribution in [0.25, 0.3) is 0 Å². The number of anilines is 2. The van der Waals surface area contributed by atoms with Crippen LogP contribution in [0, 0.1) is 11.7 Å². The molecule has 1 unspecified atom stereocenters. The molecule has 3 N–H and O–H groups in total. The van der Waals surface area contributed by atoms with Crippen molar-refractivity contribution in [3.05, 3.63) is 59.4 Å². The second kappa shape index (κ2) is 8.84. The molecule has 2 aromatic carbocycles. The van der Waals surface area contributed by atoms with Crippen LogP contribution in [-0.2, 0) is 17.8 Å². The normalized spacial score (nSPS) is 14.2. The Bertz CT molecular complexity index is 871. The minimum Gasteiger partial charge on any atom is -0.338 e. The Morgan fingerprint density at radius 2 is 1.82 bits per heavy atom. The number of hydrogen-bond donors (Lipinski definition) is 3. The molecule has 3 rings (SSSR count). The molecule has 0 spiro atoms. The molecule has 1 aliphatic rings. The molecule has 0 aromatic heterocycles. The maximum atomic E-state index is 13.7. The average molecular weight is 384 g/mol. The van der Waals surface area contributed by atoms with Crippen molar-refractivity contribution in [1.82, 2.24) is 10.2 Å². The van der Waals surface area contributed by atoms with Crippen molar-refractivity contribution in [2.24, 2.45) is 5.92 Å². The minimum atomic E-state index is -0.500. The summed E-state index contributed by atoms with van der Waals surface area (Å²) in [4.78, 5) is 26.7. The summed E-state index contributed by atoms with van der Waals surface area (Å²) in [5.41, 5.74) is 2.83. The van der Waals surface area contributed by atoms with Gasteiger partial charge in [0.15, 0.2) is 0 Å². The van der Waals surface area contributed by atoms with E-state index in [2.05, 4.69) is 16.0 Å². The quantitative estimate of drug-likeness (QED) is 0.741. The Hall–Kier alpha value is -2.93. The van der Waals surface area contributed by atoms with E-state index in [9.17, 15) is 14.0 Å². The number of benzene rings is 2. The van der Waals surface area contributed by atoms with Crippen LogP contribution < -0.4 is 16.0 Å². The monoisotopic (exact) mass is 384 g/mol. The van der Waals surface area contributed by atoms with Crippen LogP contribution in [0.1, 0.15) is 18.1 Å². The number of nitrogens with one attached hydrogen (secondary N) is 3. The number of hydrogen-bond acceptors (Lipinski definition) is 3. The molecule has 0 aliphatic carbocycles. The van der Waals surface area contributed by atoms with Gasteiger partial charge >= 0.3 is 6.03 Å². The van der Waals surface area contributed by atoms with E-state index in [-0.39, 0.29) is 17.5 Å². The van der Waals surface area contributed by atoms with Gasteiger partial charge in [0.1, 0.15) is 5.82 Å².